The van der Waals surface area contributed by atoms with E-state index in [0.29, 0.717) is 25.3 Å². The van der Waals surface area contributed by atoms with Gasteiger partial charge in [0.1, 0.15) is 11.6 Å². The van der Waals surface area contributed by atoms with Gasteiger partial charge in [-0.15, -0.1) is 0 Å². The molecule has 3 atom stereocenters. The van der Waals surface area contributed by atoms with Crippen molar-refractivity contribution in [2.24, 2.45) is 11.3 Å². The van der Waals surface area contributed by atoms with Gasteiger partial charge in [0.2, 0.25) is 0 Å². The van der Waals surface area contributed by atoms with Gasteiger partial charge in [-0.25, -0.2) is 14.5 Å². The minimum Gasteiger partial charge on any atom is -0.481 e. The first-order valence-corrected chi connectivity index (χ1v) is 8.70. The number of fused-ring (bicyclic) bond motifs is 2. The second-order valence-electron chi connectivity index (χ2n) is 7.32. The van der Waals surface area contributed by atoms with E-state index in [0.717, 1.165) is 38.1 Å². The molecule has 1 aromatic rings. The molecule has 4 rings (SSSR count). The summed E-state index contributed by atoms with van der Waals surface area (Å²) in [6.45, 7) is 3.53. The van der Waals surface area contributed by atoms with E-state index in [4.69, 9.17) is 0 Å². The van der Waals surface area contributed by atoms with Crippen molar-refractivity contribution in [3.8, 4) is 0 Å². The summed E-state index contributed by atoms with van der Waals surface area (Å²) in [5.41, 5.74) is -0.736. The van der Waals surface area contributed by atoms with Crippen LogP contribution < -0.4 is 5.32 Å². The molecular weight excluding hydrogens is 310 g/mol. The van der Waals surface area contributed by atoms with Gasteiger partial charge >= 0.3 is 12.0 Å². The average molecular weight is 333 g/mol. The van der Waals surface area contributed by atoms with E-state index in [1.807, 2.05) is 11.6 Å². The van der Waals surface area contributed by atoms with Crippen molar-refractivity contribution >= 4 is 12.0 Å². The number of aryl methyl sites for hydroxylation is 2. The predicted molar refractivity (Wildman–Crippen MR) is 84.2 cm³/mol. The molecule has 1 unspecified atom stereocenters. The number of nitrogens with one attached hydrogen (secondary N) is 1. The maximum absolute atomic E-state index is 12.7. The zero-order valence-electron chi connectivity index (χ0n) is 13.9. The maximum Gasteiger partial charge on any atom is 0.318 e. The number of hydrogen-bond donors (Lipinski definition) is 2. The van der Waals surface area contributed by atoms with Crippen LogP contribution in [0.4, 0.5) is 4.79 Å². The first-order chi connectivity index (χ1) is 11.5. The molecule has 130 valence electrons. The van der Waals surface area contributed by atoms with Crippen molar-refractivity contribution in [1.82, 2.24) is 25.0 Å². The minimum atomic E-state index is -0.756. The standard InChI is InChI=1S/C16H23N5O3/c1-10-17-13-12(5-3-7-21(13)19-10)18-15(24)20-8-11-4-2-6-16(11,9-20)14(22)23/h11-12H,2-9H2,1H3,(H,18,24)(H,22,23)/t11-,12?,16+/m0/s1. The number of aromatic nitrogens is 3. The molecule has 2 fully saturated rings. The minimum absolute atomic E-state index is 0.0815. The lowest BCUT2D eigenvalue weighted by Crippen LogP contribution is -2.44. The number of nitrogens with zero attached hydrogens (tertiary/aromatic N) is 4. The number of aliphatic carboxylic acids is 1. The molecule has 3 heterocycles. The fraction of sp³-hybridized carbons (Fsp3) is 0.750. The van der Waals surface area contributed by atoms with Gasteiger partial charge in [-0.2, -0.15) is 5.10 Å². The zero-order valence-corrected chi connectivity index (χ0v) is 13.9. The number of urea groups is 1. The fourth-order valence-corrected chi connectivity index (χ4v) is 4.64. The van der Waals surface area contributed by atoms with Gasteiger partial charge in [-0.1, -0.05) is 6.42 Å². The molecule has 0 bridgehead atoms. The van der Waals surface area contributed by atoms with E-state index in [2.05, 4.69) is 15.4 Å². The van der Waals surface area contributed by atoms with E-state index in [1.54, 1.807) is 4.90 Å². The summed E-state index contributed by atoms with van der Waals surface area (Å²) in [7, 11) is 0. The van der Waals surface area contributed by atoms with E-state index >= 15 is 0 Å². The van der Waals surface area contributed by atoms with Crippen LogP contribution in [0.5, 0.6) is 0 Å². The predicted octanol–water partition coefficient (Wildman–Crippen LogP) is 1.32. The lowest BCUT2D eigenvalue weighted by molar-refractivity contribution is -0.149. The smallest absolute Gasteiger partial charge is 0.318 e. The summed E-state index contributed by atoms with van der Waals surface area (Å²) >= 11 is 0. The highest BCUT2D eigenvalue weighted by Crippen LogP contribution is 2.48. The summed E-state index contributed by atoms with van der Waals surface area (Å²) in [4.78, 5) is 30.6. The van der Waals surface area contributed by atoms with Gasteiger partial charge in [-0.3, -0.25) is 4.79 Å². The molecule has 1 saturated heterocycles. The molecule has 8 nitrogen and oxygen atoms in total. The van der Waals surface area contributed by atoms with Crippen molar-refractivity contribution in [3.05, 3.63) is 11.6 Å². The van der Waals surface area contributed by atoms with Crippen LogP contribution in [0.2, 0.25) is 0 Å². The van der Waals surface area contributed by atoms with E-state index < -0.39 is 11.4 Å². The van der Waals surface area contributed by atoms with Crippen LogP contribution in [-0.4, -0.2) is 49.9 Å². The number of amides is 2. The average Bonchev–Trinajstić information content (AvgIpc) is 3.18. The van der Waals surface area contributed by atoms with Crippen LogP contribution in [0, 0.1) is 18.3 Å². The summed E-state index contributed by atoms with van der Waals surface area (Å²) in [5.74, 6) is 0.845. The fourth-order valence-electron chi connectivity index (χ4n) is 4.64. The number of carboxylic acids is 1. The second kappa shape index (κ2) is 5.46. The number of rotatable bonds is 2. The molecule has 2 aliphatic heterocycles. The largest absolute Gasteiger partial charge is 0.481 e. The third kappa shape index (κ3) is 2.27. The van der Waals surface area contributed by atoms with Crippen molar-refractivity contribution in [1.29, 1.82) is 0 Å². The summed E-state index contributed by atoms with van der Waals surface area (Å²) in [6, 6.07) is -0.321. The molecule has 0 spiro atoms. The van der Waals surface area contributed by atoms with Crippen LogP contribution >= 0.6 is 0 Å². The van der Waals surface area contributed by atoms with Crippen molar-refractivity contribution in [3.63, 3.8) is 0 Å². The third-order valence-corrected chi connectivity index (χ3v) is 5.86. The Hall–Kier alpha value is -2.12. The molecule has 24 heavy (non-hydrogen) atoms. The monoisotopic (exact) mass is 333 g/mol. The summed E-state index contributed by atoms with van der Waals surface area (Å²) in [5, 5.41) is 17.0. The van der Waals surface area contributed by atoms with Crippen LogP contribution in [0.25, 0.3) is 0 Å². The topological polar surface area (TPSA) is 100 Å². The number of carbonyl (C=O) groups is 2. The molecule has 0 radical (unpaired) electrons. The van der Waals surface area contributed by atoms with Crippen LogP contribution in [0.3, 0.4) is 0 Å². The Morgan fingerprint density at radius 3 is 2.92 bits per heavy atom. The normalized spacial score (nSPS) is 31.6. The molecule has 2 N–H and O–H groups in total. The molecule has 3 aliphatic rings. The number of carboxylic acid groups (broad SMARTS) is 1. The summed E-state index contributed by atoms with van der Waals surface area (Å²) < 4.78 is 1.86. The Labute approximate surface area is 140 Å². The van der Waals surface area contributed by atoms with Gasteiger partial charge in [0.15, 0.2) is 0 Å². The van der Waals surface area contributed by atoms with E-state index in [9.17, 15) is 14.7 Å². The molecule has 8 heteroatoms. The Balaban J connectivity index is 1.47. The number of carbonyl (C=O) groups excluding carboxylic acids is 1. The Morgan fingerprint density at radius 2 is 2.17 bits per heavy atom. The number of hydrogen-bond acceptors (Lipinski definition) is 4. The molecule has 1 aromatic heterocycles. The third-order valence-electron chi connectivity index (χ3n) is 5.86. The lowest BCUT2D eigenvalue weighted by Gasteiger charge is -2.27. The van der Waals surface area contributed by atoms with Crippen molar-refractivity contribution < 1.29 is 14.7 Å². The van der Waals surface area contributed by atoms with Gasteiger partial charge in [0.25, 0.3) is 0 Å². The molecular formula is C16H23N5O3. The van der Waals surface area contributed by atoms with Crippen molar-refractivity contribution in [2.75, 3.05) is 13.1 Å². The highest BCUT2D eigenvalue weighted by molar-refractivity contribution is 5.80. The first-order valence-electron chi connectivity index (χ1n) is 8.70. The molecule has 1 saturated carbocycles. The van der Waals surface area contributed by atoms with E-state index in [-0.39, 0.29) is 18.0 Å². The molecule has 2 amide bonds. The first kappa shape index (κ1) is 15.4. The van der Waals surface area contributed by atoms with Gasteiger partial charge < -0.3 is 15.3 Å². The van der Waals surface area contributed by atoms with Crippen LogP contribution in [0.15, 0.2) is 0 Å². The number of likely N-dealkylation sites (tertiary alicyclic amines) is 1. The Kier molecular flexibility index (Phi) is 3.51. The Bertz CT molecular complexity index is 687. The van der Waals surface area contributed by atoms with Crippen molar-refractivity contribution in [2.45, 2.75) is 51.6 Å². The van der Waals surface area contributed by atoms with Gasteiger partial charge in [0.05, 0.1) is 11.5 Å². The van der Waals surface area contributed by atoms with Gasteiger partial charge in [-0.05, 0) is 38.5 Å². The SMILES string of the molecule is Cc1nc2n(n1)CCCC2NC(=O)N1C[C@@H]2CCC[C@@]2(C(=O)O)C1. The lowest BCUT2D eigenvalue weighted by atomic mass is 9.81. The zero-order chi connectivity index (χ0) is 16.9. The molecule has 0 aromatic carbocycles. The van der Waals surface area contributed by atoms with Gasteiger partial charge in [0, 0.05) is 19.6 Å². The maximum atomic E-state index is 12.7. The highest BCUT2D eigenvalue weighted by atomic mass is 16.4. The summed E-state index contributed by atoms with van der Waals surface area (Å²) in [6.07, 6.45) is 4.30. The molecule has 1 aliphatic carbocycles. The highest BCUT2D eigenvalue weighted by Gasteiger charge is 2.56. The van der Waals surface area contributed by atoms with Crippen LogP contribution in [-0.2, 0) is 11.3 Å². The second-order valence-corrected chi connectivity index (χ2v) is 7.32. The van der Waals surface area contributed by atoms with E-state index in [1.165, 1.54) is 0 Å². The van der Waals surface area contributed by atoms with Crippen LogP contribution in [0.1, 0.15) is 49.8 Å². The quantitative estimate of drug-likeness (QED) is 0.850. The Morgan fingerprint density at radius 1 is 1.33 bits per heavy atom.